The zero-order valence-electron chi connectivity index (χ0n) is 6.14. The van der Waals surface area contributed by atoms with Crippen LogP contribution >= 0.6 is 23.2 Å². The number of aliphatic imine (C=N–C) groups is 1. The number of fused-ring (bicyclic) bond motifs is 1. The molecule has 0 unspecified atom stereocenters. The van der Waals surface area contributed by atoms with Crippen molar-refractivity contribution in [1.82, 2.24) is 0 Å². The summed E-state index contributed by atoms with van der Waals surface area (Å²) in [5.74, 6) is 0. The summed E-state index contributed by atoms with van der Waals surface area (Å²) >= 11 is 11.6. The summed E-state index contributed by atoms with van der Waals surface area (Å²) in [6.45, 7) is 0.741. The van der Waals surface area contributed by atoms with Crippen molar-refractivity contribution in [3.05, 3.63) is 22.2 Å². The Labute approximate surface area is 80.2 Å². The summed E-state index contributed by atoms with van der Waals surface area (Å²) < 4.78 is 0. The first-order chi connectivity index (χ1) is 5.77. The lowest BCUT2D eigenvalue weighted by Crippen LogP contribution is -2.06. The molecule has 4 heteroatoms. The third kappa shape index (κ3) is 1.28. The second-order valence-corrected chi connectivity index (χ2v) is 3.29. The number of anilines is 1. The minimum atomic E-state index is 0.538. The molecule has 2 rings (SSSR count). The molecule has 1 aromatic rings. The monoisotopic (exact) mass is 200 g/mol. The highest BCUT2D eigenvalue weighted by Gasteiger charge is 2.07. The maximum Gasteiger partial charge on any atom is 0.0873 e. The van der Waals surface area contributed by atoms with E-state index in [1.54, 1.807) is 18.3 Å². The molecule has 0 spiro atoms. The molecule has 1 aliphatic rings. The molecule has 0 fully saturated rings. The normalized spacial score (nSPS) is 13.8. The van der Waals surface area contributed by atoms with Crippen LogP contribution in [-0.2, 0) is 0 Å². The molecular weight excluding hydrogens is 195 g/mol. The first-order valence-electron chi connectivity index (χ1n) is 3.53. The Morgan fingerprint density at radius 3 is 2.83 bits per heavy atom. The van der Waals surface area contributed by atoms with Gasteiger partial charge in [-0.25, -0.2) is 0 Å². The summed E-state index contributed by atoms with van der Waals surface area (Å²) in [7, 11) is 0. The number of nitrogens with zero attached hydrogens (tertiary/aromatic N) is 1. The Hall–Kier alpha value is -0.730. The molecule has 0 aliphatic carbocycles. The number of benzene rings is 1. The highest BCUT2D eigenvalue weighted by molar-refractivity contribution is 6.42. The van der Waals surface area contributed by atoms with Gasteiger partial charge in [0.05, 0.1) is 28.0 Å². The summed E-state index contributed by atoms with van der Waals surface area (Å²) in [4.78, 5) is 4.16. The van der Waals surface area contributed by atoms with Crippen LogP contribution in [0, 0.1) is 0 Å². The van der Waals surface area contributed by atoms with Gasteiger partial charge in [0.1, 0.15) is 0 Å². The average molecular weight is 201 g/mol. The molecule has 0 saturated carbocycles. The molecule has 12 heavy (non-hydrogen) atoms. The van der Waals surface area contributed by atoms with Crippen LogP contribution in [-0.4, -0.2) is 12.8 Å². The topological polar surface area (TPSA) is 24.4 Å². The number of rotatable bonds is 0. The van der Waals surface area contributed by atoms with Crippen LogP contribution in [0.25, 0.3) is 0 Å². The highest BCUT2D eigenvalue weighted by atomic mass is 35.5. The van der Waals surface area contributed by atoms with Crippen molar-refractivity contribution in [2.75, 3.05) is 11.9 Å². The lowest BCUT2D eigenvalue weighted by molar-refractivity contribution is 1.34. The standard InChI is InChI=1S/C8H6Cl2N2/c9-5-3-7-8(4-6(5)10)12-2-1-11-7/h1,3-4,12H,2H2. The fourth-order valence-electron chi connectivity index (χ4n) is 1.08. The third-order valence-corrected chi connectivity index (χ3v) is 2.37. The Bertz CT molecular complexity index is 347. The maximum absolute atomic E-state index is 5.82. The smallest absolute Gasteiger partial charge is 0.0873 e. The van der Waals surface area contributed by atoms with Gasteiger partial charge in [-0.15, -0.1) is 0 Å². The second kappa shape index (κ2) is 2.96. The van der Waals surface area contributed by atoms with E-state index in [1.807, 2.05) is 0 Å². The third-order valence-electron chi connectivity index (χ3n) is 1.65. The van der Waals surface area contributed by atoms with Crippen molar-refractivity contribution in [3.8, 4) is 0 Å². The van der Waals surface area contributed by atoms with Gasteiger partial charge in [0.25, 0.3) is 0 Å². The van der Waals surface area contributed by atoms with E-state index < -0.39 is 0 Å². The molecule has 62 valence electrons. The quantitative estimate of drug-likeness (QED) is 0.685. The van der Waals surface area contributed by atoms with E-state index in [1.165, 1.54) is 0 Å². The SMILES string of the molecule is Clc1cc2c(cc1Cl)NCC=N2. The fraction of sp³-hybridized carbons (Fsp3) is 0.125. The lowest BCUT2D eigenvalue weighted by atomic mass is 10.2. The van der Waals surface area contributed by atoms with Gasteiger partial charge >= 0.3 is 0 Å². The molecule has 1 aromatic carbocycles. The van der Waals surface area contributed by atoms with Crippen molar-refractivity contribution in [1.29, 1.82) is 0 Å². The molecule has 0 radical (unpaired) electrons. The number of halogens is 2. The lowest BCUT2D eigenvalue weighted by Gasteiger charge is -2.12. The van der Waals surface area contributed by atoms with Gasteiger partial charge in [-0.1, -0.05) is 23.2 Å². The molecular formula is C8H6Cl2N2. The van der Waals surface area contributed by atoms with E-state index in [4.69, 9.17) is 23.2 Å². The van der Waals surface area contributed by atoms with Gasteiger partial charge in [-0.3, -0.25) is 4.99 Å². The molecule has 2 nitrogen and oxygen atoms in total. The van der Waals surface area contributed by atoms with Crippen LogP contribution < -0.4 is 5.32 Å². The van der Waals surface area contributed by atoms with Gasteiger partial charge in [0.2, 0.25) is 0 Å². The van der Waals surface area contributed by atoms with Crippen molar-refractivity contribution < 1.29 is 0 Å². The Morgan fingerprint density at radius 2 is 2.00 bits per heavy atom. The zero-order valence-corrected chi connectivity index (χ0v) is 7.65. The van der Waals surface area contributed by atoms with Crippen molar-refractivity contribution in [3.63, 3.8) is 0 Å². The van der Waals surface area contributed by atoms with Crippen LogP contribution in [0.5, 0.6) is 0 Å². The van der Waals surface area contributed by atoms with E-state index in [0.29, 0.717) is 10.0 Å². The van der Waals surface area contributed by atoms with Gasteiger partial charge in [-0.2, -0.15) is 0 Å². The molecule has 0 atom stereocenters. The summed E-state index contributed by atoms with van der Waals surface area (Å²) in [5.41, 5.74) is 1.78. The van der Waals surface area contributed by atoms with Crippen LogP contribution in [0.1, 0.15) is 0 Å². The van der Waals surface area contributed by atoms with E-state index >= 15 is 0 Å². The molecule has 0 aromatic heterocycles. The Morgan fingerprint density at radius 1 is 1.25 bits per heavy atom. The van der Waals surface area contributed by atoms with Crippen LogP contribution in [0.2, 0.25) is 10.0 Å². The highest BCUT2D eigenvalue weighted by Crippen LogP contribution is 2.35. The fourth-order valence-corrected chi connectivity index (χ4v) is 1.41. The number of hydrogen-bond acceptors (Lipinski definition) is 2. The average Bonchev–Trinajstić information content (AvgIpc) is 2.07. The summed E-state index contributed by atoms with van der Waals surface area (Å²) in [6, 6.07) is 3.54. The molecule has 1 aliphatic heterocycles. The van der Waals surface area contributed by atoms with Crippen LogP contribution in [0.3, 0.4) is 0 Å². The van der Waals surface area contributed by atoms with E-state index in [9.17, 15) is 0 Å². The van der Waals surface area contributed by atoms with Crippen molar-refractivity contribution in [2.24, 2.45) is 4.99 Å². The molecule has 1 heterocycles. The van der Waals surface area contributed by atoms with Crippen LogP contribution in [0.4, 0.5) is 11.4 Å². The van der Waals surface area contributed by atoms with Gasteiger partial charge in [0.15, 0.2) is 0 Å². The number of nitrogens with one attached hydrogen (secondary N) is 1. The van der Waals surface area contributed by atoms with E-state index in [2.05, 4.69) is 10.3 Å². The largest absolute Gasteiger partial charge is 0.378 e. The van der Waals surface area contributed by atoms with Crippen LogP contribution in [0.15, 0.2) is 17.1 Å². The van der Waals surface area contributed by atoms with E-state index in [0.717, 1.165) is 17.9 Å². The second-order valence-electron chi connectivity index (χ2n) is 2.48. The van der Waals surface area contributed by atoms with Gasteiger partial charge in [-0.05, 0) is 12.1 Å². The zero-order chi connectivity index (χ0) is 8.55. The molecule has 0 amide bonds. The van der Waals surface area contributed by atoms with E-state index in [-0.39, 0.29) is 0 Å². The molecule has 1 N–H and O–H groups in total. The molecule has 0 saturated heterocycles. The Kier molecular flexibility index (Phi) is 1.95. The first kappa shape index (κ1) is 7.90. The Balaban J connectivity index is 2.58. The predicted octanol–water partition coefficient (Wildman–Crippen LogP) is 3.12. The number of hydrogen-bond donors (Lipinski definition) is 1. The van der Waals surface area contributed by atoms with Crippen molar-refractivity contribution in [2.45, 2.75) is 0 Å². The maximum atomic E-state index is 5.82. The minimum Gasteiger partial charge on any atom is -0.378 e. The minimum absolute atomic E-state index is 0.538. The van der Waals surface area contributed by atoms with Gasteiger partial charge < -0.3 is 5.32 Å². The predicted molar refractivity (Wildman–Crippen MR) is 53.1 cm³/mol. The van der Waals surface area contributed by atoms with Crippen molar-refractivity contribution >= 4 is 40.8 Å². The summed E-state index contributed by atoms with van der Waals surface area (Å²) in [5, 5.41) is 4.23. The first-order valence-corrected chi connectivity index (χ1v) is 4.28. The van der Waals surface area contributed by atoms with Gasteiger partial charge in [0, 0.05) is 6.21 Å². The molecule has 0 bridgehead atoms. The summed E-state index contributed by atoms with van der Waals surface area (Å²) in [6.07, 6.45) is 1.80.